The van der Waals surface area contributed by atoms with E-state index in [-0.39, 0.29) is 0 Å². The van der Waals surface area contributed by atoms with E-state index in [1.165, 1.54) is 11.3 Å². The number of aromatic nitrogens is 1. The van der Waals surface area contributed by atoms with Crippen molar-refractivity contribution in [2.24, 2.45) is 0 Å². The molecule has 0 aliphatic carbocycles. The van der Waals surface area contributed by atoms with Crippen LogP contribution in [0.15, 0.2) is 60.5 Å². The number of hydrogen-bond acceptors (Lipinski definition) is 4. The number of hydrogen-bond donors (Lipinski definition) is 0. The largest absolute Gasteiger partial charge is 0.490 e. The number of allylic oxidation sites excluding steroid dienone is 1. The lowest BCUT2D eigenvalue weighted by Gasteiger charge is -2.03. The summed E-state index contributed by atoms with van der Waals surface area (Å²) in [5.41, 5.74) is 2.99. The molecule has 0 atom stereocenters. The Morgan fingerprint density at radius 2 is 1.96 bits per heavy atom. The van der Waals surface area contributed by atoms with Crippen molar-refractivity contribution < 1.29 is 4.74 Å². The van der Waals surface area contributed by atoms with Gasteiger partial charge in [0.15, 0.2) is 0 Å². The fourth-order valence-electron chi connectivity index (χ4n) is 2.31. The monoisotopic (exact) mass is 412 g/mol. The molecule has 134 valence electrons. The van der Waals surface area contributed by atoms with Gasteiger partial charge in [-0.1, -0.05) is 54.1 Å². The molecule has 3 rings (SSSR count). The molecule has 3 aromatic rings. The third kappa shape index (κ3) is 4.78. The Kier molecular flexibility index (Phi) is 6.31. The Morgan fingerprint density at radius 3 is 2.63 bits per heavy atom. The molecule has 2 aromatic carbocycles. The van der Waals surface area contributed by atoms with Crippen LogP contribution in [-0.4, -0.2) is 11.6 Å². The molecule has 0 aliphatic heterocycles. The van der Waals surface area contributed by atoms with Crippen molar-refractivity contribution in [3.05, 3.63) is 81.1 Å². The quantitative estimate of drug-likeness (QED) is 0.332. The second-order valence-electron chi connectivity index (χ2n) is 5.51. The van der Waals surface area contributed by atoms with E-state index >= 15 is 0 Å². The van der Waals surface area contributed by atoms with Crippen LogP contribution in [0.3, 0.4) is 0 Å². The van der Waals surface area contributed by atoms with E-state index in [0.29, 0.717) is 27.2 Å². The van der Waals surface area contributed by atoms with Gasteiger partial charge in [-0.3, -0.25) is 0 Å². The van der Waals surface area contributed by atoms with Crippen molar-refractivity contribution in [1.29, 1.82) is 5.26 Å². The predicted octanol–water partition coefficient (Wildman–Crippen LogP) is 6.75. The van der Waals surface area contributed by atoms with Gasteiger partial charge in [0, 0.05) is 10.9 Å². The Bertz CT molecular complexity index is 1030. The van der Waals surface area contributed by atoms with Gasteiger partial charge in [0.25, 0.3) is 0 Å². The van der Waals surface area contributed by atoms with Crippen molar-refractivity contribution in [2.45, 2.75) is 0 Å². The van der Waals surface area contributed by atoms with E-state index in [4.69, 9.17) is 27.9 Å². The Balaban J connectivity index is 1.84. The number of nitrogens with zero attached hydrogens (tertiary/aromatic N) is 2. The lowest BCUT2D eigenvalue weighted by molar-refractivity contribution is 0.363. The van der Waals surface area contributed by atoms with Crippen molar-refractivity contribution in [2.75, 3.05) is 6.61 Å². The molecule has 0 spiro atoms. The zero-order valence-electron chi connectivity index (χ0n) is 14.2. The first-order valence-corrected chi connectivity index (χ1v) is 9.61. The standard InChI is InChI=1S/C21H14Cl2N2OS/c1-2-9-26-17-6-3-14(4-7-17)10-16(12-24)21-25-20(13-27-21)15-5-8-18(22)19(23)11-15/h2-8,10-11,13H,1,9H2. The van der Waals surface area contributed by atoms with Gasteiger partial charge in [-0.05, 0) is 35.9 Å². The van der Waals surface area contributed by atoms with Crippen LogP contribution in [0.25, 0.3) is 22.9 Å². The summed E-state index contributed by atoms with van der Waals surface area (Å²) in [5, 5.41) is 13.1. The third-order valence-corrected chi connectivity index (χ3v) is 5.24. The molecule has 0 aliphatic rings. The minimum atomic E-state index is 0.454. The van der Waals surface area contributed by atoms with Crippen molar-refractivity contribution in [3.8, 4) is 23.1 Å². The molecule has 0 unspecified atom stereocenters. The summed E-state index contributed by atoms with van der Waals surface area (Å²) in [6.45, 7) is 4.07. The molecule has 0 bridgehead atoms. The number of benzene rings is 2. The number of nitriles is 1. The van der Waals surface area contributed by atoms with Crippen LogP contribution >= 0.6 is 34.5 Å². The molecule has 0 N–H and O–H groups in total. The molecule has 0 fully saturated rings. The van der Waals surface area contributed by atoms with Gasteiger partial charge in [0.2, 0.25) is 0 Å². The van der Waals surface area contributed by atoms with Crippen LogP contribution in [0, 0.1) is 11.3 Å². The zero-order chi connectivity index (χ0) is 19.2. The van der Waals surface area contributed by atoms with Crippen molar-refractivity contribution in [1.82, 2.24) is 4.98 Å². The molecule has 0 saturated carbocycles. The lowest BCUT2D eigenvalue weighted by atomic mass is 10.1. The van der Waals surface area contributed by atoms with Crippen molar-refractivity contribution in [3.63, 3.8) is 0 Å². The summed E-state index contributed by atoms with van der Waals surface area (Å²) >= 11 is 13.4. The highest BCUT2D eigenvalue weighted by Gasteiger charge is 2.10. The summed E-state index contributed by atoms with van der Waals surface area (Å²) in [4.78, 5) is 4.57. The minimum absolute atomic E-state index is 0.454. The maximum atomic E-state index is 9.55. The highest BCUT2D eigenvalue weighted by Crippen LogP contribution is 2.31. The summed E-state index contributed by atoms with van der Waals surface area (Å²) in [5.74, 6) is 0.752. The van der Waals surface area contributed by atoms with Gasteiger partial charge in [-0.25, -0.2) is 4.98 Å². The second-order valence-corrected chi connectivity index (χ2v) is 7.18. The number of thiazole rings is 1. The van der Waals surface area contributed by atoms with E-state index in [0.717, 1.165) is 22.6 Å². The number of halogens is 2. The summed E-state index contributed by atoms with van der Waals surface area (Å²) in [6.07, 6.45) is 3.49. The molecule has 1 heterocycles. The average Bonchev–Trinajstić information content (AvgIpc) is 3.17. The molecular weight excluding hydrogens is 399 g/mol. The van der Waals surface area contributed by atoms with Gasteiger partial charge in [-0.15, -0.1) is 11.3 Å². The van der Waals surface area contributed by atoms with Crippen LogP contribution in [0.4, 0.5) is 0 Å². The van der Waals surface area contributed by atoms with Gasteiger partial charge in [-0.2, -0.15) is 5.26 Å². The van der Waals surface area contributed by atoms with Gasteiger partial charge in [0.05, 0.1) is 21.3 Å². The maximum absolute atomic E-state index is 9.55. The van der Waals surface area contributed by atoms with Gasteiger partial charge in [0.1, 0.15) is 23.4 Å². The topological polar surface area (TPSA) is 45.9 Å². The summed E-state index contributed by atoms with van der Waals surface area (Å²) in [7, 11) is 0. The van der Waals surface area contributed by atoms with Crippen LogP contribution in [0.5, 0.6) is 5.75 Å². The second kappa shape index (κ2) is 8.88. The smallest absolute Gasteiger partial charge is 0.134 e. The highest BCUT2D eigenvalue weighted by atomic mass is 35.5. The summed E-state index contributed by atoms with van der Waals surface area (Å²) in [6, 6.07) is 15.1. The molecule has 6 heteroatoms. The Labute approximate surface area is 171 Å². The van der Waals surface area contributed by atoms with E-state index in [9.17, 15) is 5.26 Å². The summed E-state index contributed by atoms with van der Waals surface area (Å²) < 4.78 is 5.46. The van der Waals surface area contributed by atoms with Crippen molar-refractivity contribution >= 4 is 46.2 Å². The first kappa shape index (κ1) is 19.2. The Hall–Kier alpha value is -2.58. The Morgan fingerprint density at radius 1 is 1.19 bits per heavy atom. The van der Waals surface area contributed by atoms with E-state index in [1.54, 1.807) is 24.3 Å². The zero-order valence-corrected chi connectivity index (χ0v) is 16.5. The maximum Gasteiger partial charge on any atom is 0.134 e. The van der Waals surface area contributed by atoms with Gasteiger partial charge >= 0.3 is 0 Å². The lowest BCUT2D eigenvalue weighted by Crippen LogP contribution is -1.92. The van der Waals surface area contributed by atoms with E-state index in [2.05, 4.69) is 17.6 Å². The third-order valence-electron chi connectivity index (χ3n) is 3.63. The first-order chi connectivity index (χ1) is 13.1. The fourth-order valence-corrected chi connectivity index (χ4v) is 3.40. The first-order valence-electron chi connectivity index (χ1n) is 7.97. The van der Waals surface area contributed by atoms with Gasteiger partial charge < -0.3 is 4.74 Å². The highest BCUT2D eigenvalue weighted by molar-refractivity contribution is 7.11. The predicted molar refractivity (Wildman–Crippen MR) is 113 cm³/mol. The van der Waals surface area contributed by atoms with Crippen LogP contribution < -0.4 is 4.74 Å². The van der Waals surface area contributed by atoms with E-state index in [1.807, 2.05) is 35.7 Å². The SMILES string of the molecule is C=CCOc1ccc(C=C(C#N)c2nc(-c3ccc(Cl)c(Cl)c3)cs2)cc1. The molecule has 0 amide bonds. The normalized spacial score (nSPS) is 11.1. The molecule has 3 nitrogen and oxygen atoms in total. The molecule has 0 saturated heterocycles. The van der Waals surface area contributed by atoms with E-state index < -0.39 is 0 Å². The number of ether oxygens (including phenoxy) is 1. The fraction of sp³-hybridized carbons (Fsp3) is 0.0476. The molecular formula is C21H14Cl2N2OS. The molecule has 0 radical (unpaired) electrons. The average molecular weight is 413 g/mol. The minimum Gasteiger partial charge on any atom is -0.490 e. The van der Waals surface area contributed by atoms with Crippen LogP contribution in [0.1, 0.15) is 10.6 Å². The molecule has 1 aromatic heterocycles. The number of rotatable bonds is 6. The van der Waals surface area contributed by atoms with Crippen LogP contribution in [0.2, 0.25) is 10.0 Å². The molecule has 27 heavy (non-hydrogen) atoms. The van der Waals surface area contributed by atoms with Crippen LogP contribution in [-0.2, 0) is 0 Å².